The lowest BCUT2D eigenvalue weighted by Crippen LogP contribution is -2.29. The topological polar surface area (TPSA) is 40.5 Å². The Hall–Kier alpha value is -3.92. The van der Waals surface area contributed by atoms with Crippen LogP contribution < -0.4 is 5.46 Å². The molecule has 0 aliphatic carbocycles. The third-order valence-electron chi connectivity index (χ3n) is 12.0. The Balaban J connectivity index is 1.38. The highest BCUT2D eigenvalue weighted by Gasteiger charge is 2.15. The lowest BCUT2D eigenvalue weighted by Gasteiger charge is -2.19. The molecule has 2 nitrogen and oxygen atoms in total. The summed E-state index contributed by atoms with van der Waals surface area (Å²) < 4.78 is 0. The zero-order chi connectivity index (χ0) is 39.9. The summed E-state index contributed by atoms with van der Waals surface area (Å²) in [5, 5.41) is 19.2. The van der Waals surface area contributed by atoms with Crippen molar-refractivity contribution in [2.24, 2.45) is 0 Å². The van der Waals surface area contributed by atoms with E-state index in [1.54, 1.807) is 12.1 Å². The van der Waals surface area contributed by atoms with Gasteiger partial charge < -0.3 is 10.0 Å². The Kier molecular flexibility index (Phi) is 19.7. The van der Waals surface area contributed by atoms with Crippen LogP contribution in [0.3, 0.4) is 0 Å². The van der Waals surface area contributed by atoms with Crippen LogP contribution in [0.4, 0.5) is 0 Å². The summed E-state index contributed by atoms with van der Waals surface area (Å²) in [6, 6.07) is 41.7. The molecule has 0 saturated carbocycles. The monoisotopic (exact) mass is 763 g/mol. The molecule has 0 atom stereocenters. The maximum absolute atomic E-state index is 9.59. The molecule has 0 radical (unpaired) electrons. The fourth-order valence-electron chi connectivity index (χ4n) is 8.41. The Labute approximate surface area is 347 Å². The van der Waals surface area contributed by atoms with Crippen molar-refractivity contribution in [3.8, 4) is 44.5 Å². The maximum Gasteiger partial charge on any atom is 0.488 e. The molecule has 0 heterocycles. The van der Waals surface area contributed by atoms with E-state index in [-0.39, 0.29) is 0 Å². The van der Waals surface area contributed by atoms with E-state index >= 15 is 0 Å². The summed E-state index contributed by atoms with van der Waals surface area (Å²) >= 11 is 0. The first-order valence-corrected chi connectivity index (χ1v) is 23.0. The average molecular weight is 763 g/mol. The van der Waals surface area contributed by atoms with Gasteiger partial charge in [-0.3, -0.25) is 0 Å². The van der Waals surface area contributed by atoms with Crippen molar-refractivity contribution < 1.29 is 10.0 Å². The number of unbranched alkanes of at least 4 members (excludes halogenated alkanes) is 18. The van der Waals surface area contributed by atoms with Crippen LogP contribution in [0.2, 0.25) is 0 Å². The standard InChI is InChI=1S/C54H71BO2/c1-3-5-7-9-11-13-15-17-19-22-28-50-43-54(49-36-32-46(33-37-49)47-38-40-52(41-39-47)55(56)57)51(29-23-20-18-16-14-12-10-8-6-4-2)42-53(50)48-34-30-45(31-35-48)44-26-24-21-25-27-44/h21,24-27,30-43,56-57H,3-20,22-23,28-29H2,1-2H3. The van der Waals surface area contributed by atoms with E-state index in [0.29, 0.717) is 5.46 Å². The van der Waals surface area contributed by atoms with E-state index in [0.717, 1.165) is 24.0 Å². The molecule has 0 saturated heterocycles. The molecular weight excluding hydrogens is 691 g/mol. The van der Waals surface area contributed by atoms with E-state index in [1.807, 2.05) is 12.1 Å². The molecule has 0 aliphatic rings. The van der Waals surface area contributed by atoms with Crippen molar-refractivity contribution in [1.29, 1.82) is 0 Å². The Morgan fingerprint density at radius 1 is 0.333 bits per heavy atom. The minimum atomic E-state index is -1.45. The van der Waals surface area contributed by atoms with Gasteiger partial charge in [0.05, 0.1) is 0 Å². The van der Waals surface area contributed by atoms with Crippen molar-refractivity contribution >= 4 is 12.6 Å². The van der Waals surface area contributed by atoms with Crippen molar-refractivity contribution in [3.63, 3.8) is 0 Å². The van der Waals surface area contributed by atoms with Crippen LogP contribution in [0, 0.1) is 0 Å². The van der Waals surface area contributed by atoms with Gasteiger partial charge in [0.1, 0.15) is 0 Å². The van der Waals surface area contributed by atoms with E-state index in [2.05, 4.69) is 105 Å². The fourth-order valence-corrected chi connectivity index (χ4v) is 8.41. The largest absolute Gasteiger partial charge is 0.488 e. The first-order valence-electron chi connectivity index (χ1n) is 23.0. The van der Waals surface area contributed by atoms with Gasteiger partial charge in [-0.15, -0.1) is 0 Å². The molecule has 0 spiro atoms. The summed E-state index contributed by atoms with van der Waals surface area (Å²) in [5.41, 5.74) is 13.5. The van der Waals surface area contributed by atoms with Gasteiger partial charge in [0.2, 0.25) is 0 Å². The highest BCUT2D eigenvalue weighted by Crippen LogP contribution is 2.36. The van der Waals surface area contributed by atoms with Crippen molar-refractivity contribution in [2.45, 2.75) is 155 Å². The first-order chi connectivity index (χ1) is 28.1. The third-order valence-corrected chi connectivity index (χ3v) is 12.0. The van der Waals surface area contributed by atoms with Crippen molar-refractivity contribution in [1.82, 2.24) is 0 Å². The normalized spacial score (nSPS) is 11.3. The second-order valence-corrected chi connectivity index (χ2v) is 16.5. The molecule has 0 aromatic heterocycles. The van der Waals surface area contributed by atoms with E-state index in [1.165, 1.54) is 173 Å². The summed E-state index contributed by atoms with van der Waals surface area (Å²) in [6.45, 7) is 4.59. The molecule has 57 heavy (non-hydrogen) atoms. The maximum atomic E-state index is 9.59. The molecule has 5 rings (SSSR count). The van der Waals surface area contributed by atoms with Crippen molar-refractivity contribution in [3.05, 3.63) is 126 Å². The second-order valence-electron chi connectivity index (χ2n) is 16.5. The smallest absolute Gasteiger partial charge is 0.423 e. The zero-order valence-electron chi connectivity index (χ0n) is 35.5. The Morgan fingerprint density at radius 2 is 0.632 bits per heavy atom. The van der Waals surface area contributed by atoms with Gasteiger partial charge in [0.15, 0.2) is 0 Å². The SMILES string of the molecule is CCCCCCCCCCCCc1cc(-c2ccc(-c3ccc(B(O)O)cc3)cc2)c(CCCCCCCCCCCC)cc1-c1ccc(-c2ccccc2)cc1. The third kappa shape index (κ3) is 14.8. The molecule has 2 N–H and O–H groups in total. The molecule has 0 aliphatic heterocycles. The molecule has 0 unspecified atom stereocenters. The average Bonchev–Trinajstić information content (AvgIpc) is 3.25. The second kappa shape index (κ2) is 25.4. The van der Waals surface area contributed by atoms with E-state index < -0.39 is 7.12 Å². The summed E-state index contributed by atoms with van der Waals surface area (Å²) in [5.74, 6) is 0. The number of rotatable bonds is 27. The van der Waals surface area contributed by atoms with Gasteiger partial charge >= 0.3 is 7.12 Å². The van der Waals surface area contributed by atoms with Crippen LogP contribution in [0.25, 0.3) is 44.5 Å². The Bertz CT molecular complexity index is 1810. The van der Waals surface area contributed by atoms with E-state index in [4.69, 9.17) is 0 Å². The van der Waals surface area contributed by atoms with Crippen LogP contribution in [0.5, 0.6) is 0 Å². The van der Waals surface area contributed by atoms with Gasteiger partial charge in [-0.25, -0.2) is 0 Å². The molecule has 302 valence electrons. The molecular formula is C54H71BO2. The molecule has 3 heteroatoms. The number of benzene rings is 5. The predicted octanol–water partition coefficient (Wildman–Crippen LogP) is 15.0. The number of hydrogen-bond acceptors (Lipinski definition) is 2. The van der Waals surface area contributed by atoms with Crippen LogP contribution in [0.1, 0.15) is 153 Å². The lowest BCUT2D eigenvalue weighted by molar-refractivity contribution is 0.426. The first kappa shape index (κ1) is 44.2. The quantitative estimate of drug-likeness (QED) is 0.0413. The highest BCUT2D eigenvalue weighted by molar-refractivity contribution is 6.58. The van der Waals surface area contributed by atoms with Crippen LogP contribution in [0.15, 0.2) is 115 Å². The lowest BCUT2D eigenvalue weighted by atomic mass is 9.80. The molecule has 5 aromatic carbocycles. The predicted molar refractivity (Wildman–Crippen MR) is 249 cm³/mol. The van der Waals surface area contributed by atoms with Crippen LogP contribution >= 0.6 is 0 Å². The highest BCUT2D eigenvalue weighted by atomic mass is 16.4. The molecule has 0 amide bonds. The summed E-state index contributed by atoms with van der Waals surface area (Å²) in [6.07, 6.45) is 29.1. The number of hydrogen-bond donors (Lipinski definition) is 2. The van der Waals surface area contributed by atoms with Crippen molar-refractivity contribution in [2.75, 3.05) is 0 Å². The molecule has 0 bridgehead atoms. The summed E-state index contributed by atoms with van der Waals surface area (Å²) in [7, 11) is -1.45. The van der Waals surface area contributed by atoms with Gasteiger partial charge in [0, 0.05) is 0 Å². The minimum Gasteiger partial charge on any atom is -0.423 e. The summed E-state index contributed by atoms with van der Waals surface area (Å²) in [4.78, 5) is 0. The fraction of sp³-hybridized carbons (Fsp3) is 0.444. The van der Waals surface area contributed by atoms with E-state index in [9.17, 15) is 10.0 Å². The van der Waals surface area contributed by atoms with Gasteiger partial charge in [-0.2, -0.15) is 0 Å². The zero-order valence-corrected chi connectivity index (χ0v) is 35.5. The van der Waals surface area contributed by atoms with Gasteiger partial charge in [0.25, 0.3) is 0 Å². The Morgan fingerprint density at radius 3 is 0.982 bits per heavy atom. The number of aryl methyl sites for hydroxylation is 2. The van der Waals surface area contributed by atoms with Gasteiger partial charge in [-0.05, 0) is 86.8 Å². The van der Waals surface area contributed by atoms with Crippen LogP contribution in [-0.2, 0) is 12.8 Å². The molecule has 5 aromatic rings. The van der Waals surface area contributed by atoms with Gasteiger partial charge in [-0.1, -0.05) is 245 Å². The minimum absolute atomic E-state index is 0.511. The van der Waals surface area contributed by atoms with Crippen LogP contribution in [-0.4, -0.2) is 17.2 Å². The molecule has 0 fully saturated rings.